The van der Waals surface area contributed by atoms with Crippen molar-refractivity contribution in [2.45, 2.75) is 11.8 Å². The maximum atomic E-state index is 4.28. The predicted octanol–water partition coefficient (Wildman–Crippen LogP) is 2.93. The summed E-state index contributed by atoms with van der Waals surface area (Å²) < 4.78 is 0. The van der Waals surface area contributed by atoms with Gasteiger partial charge < -0.3 is 0 Å². The molecule has 0 amide bonds. The van der Waals surface area contributed by atoms with Crippen LogP contribution in [0.5, 0.6) is 0 Å². The molecule has 10 heavy (non-hydrogen) atoms. The largest absolute Gasteiger partial charge is 0.143 e. The van der Waals surface area contributed by atoms with E-state index in [0.717, 1.165) is 10.5 Å². The highest BCUT2D eigenvalue weighted by molar-refractivity contribution is 7.80. The number of benzene rings is 1. The number of rotatable bonds is 1. The van der Waals surface area contributed by atoms with Crippen molar-refractivity contribution >= 4 is 18.7 Å². The van der Waals surface area contributed by atoms with Crippen molar-refractivity contribution in [1.29, 1.82) is 0 Å². The smallest absolute Gasteiger partial charge is 0.0115 e. The van der Waals surface area contributed by atoms with E-state index in [4.69, 9.17) is 0 Å². The Balaban J connectivity index is 3.19. The van der Waals surface area contributed by atoms with Crippen molar-refractivity contribution in [2.75, 3.05) is 0 Å². The molecule has 0 aliphatic rings. The van der Waals surface area contributed by atoms with Gasteiger partial charge in [-0.15, -0.1) is 12.6 Å². The molecular weight excluding hydrogens is 140 g/mol. The second-order valence-electron chi connectivity index (χ2n) is 2.27. The lowest BCUT2D eigenvalue weighted by molar-refractivity contribution is 1.35. The second-order valence-corrected chi connectivity index (χ2v) is 2.75. The van der Waals surface area contributed by atoms with E-state index in [2.05, 4.69) is 25.3 Å². The van der Waals surface area contributed by atoms with Crippen LogP contribution in [0.1, 0.15) is 11.1 Å². The quantitative estimate of drug-likeness (QED) is 0.585. The van der Waals surface area contributed by atoms with Crippen LogP contribution in [0.15, 0.2) is 29.7 Å². The molecule has 0 heterocycles. The summed E-state index contributed by atoms with van der Waals surface area (Å²) >= 11 is 4.28. The first-order valence-corrected chi connectivity index (χ1v) is 3.61. The summed E-state index contributed by atoms with van der Waals surface area (Å²) in [5.41, 5.74) is 2.32. The van der Waals surface area contributed by atoms with Crippen LogP contribution in [0, 0.1) is 6.92 Å². The molecule has 0 nitrogen and oxygen atoms in total. The van der Waals surface area contributed by atoms with Crippen LogP contribution in [0.25, 0.3) is 6.08 Å². The van der Waals surface area contributed by atoms with Crippen LogP contribution in [0.3, 0.4) is 0 Å². The zero-order valence-corrected chi connectivity index (χ0v) is 6.86. The number of thiol groups is 1. The standard InChI is InChI=1S/C9H10S/c1-3-8-5-4-7(2)6-9(8)10/h3-6,10H,1H2,2H3. The summed E-state index contributed by atoms with van der Waals surface area (Å²) in [5.74, 6) is 0. The maximum absolute atomic E-state index is 4.28. The number of hydrogen-bond acceptors (Lipinski definition) is 1. The van der Waals surface area contributed by atoms with Gasteiger partial charge >= 0.3 is 0 Å². The van der Waals surface area contributed by atoms with Crippen molar-refractivity contribution in [3.63, 3.8) is 0 Å². The van der Waals surface area contributed by atoms with Gasteiger partial charge in [-0.25, -0.2) is 0 Å². The average molecular weight is 150 g/mol. The first-order chi connectivity index (χ1) is 4.74. The fourth-order valence-corrected chi connectivity index (χ4v) is 1.20. The van der Waals surface area contributed by atoms with Gasteiger partial charge in [-0.2, -0.15) is 0 Å². The molecule has 0 N–H and O–H groups in total. The highest BCUT2D eigenvalue weighted by atomic mass is 32.1. The van der Waals surface area contributed by atoms with E-state index in [1.807, 2.05) is 25.1 Å². The van der Waals surface area contributed by atoms with Gasteiger partial charge in [0, 0.05) is 4.90 Å². The molecule has 1 aromatic carbocycles. The van der Waals surface area contributed by atoms with Gasteiger partial charge in [0.2, 0.25) is 0 Å². The zero-order valence-electron chi connectivity index (χ0n) is 5.96. The van der Waals surface area contributed by atoms with Crippen LogP contribution >= 0.6 is 12.6 Å². The lowest BCUT2D eigenvalue weighted by Crippen LogP contribution is -1.76. The molecule has 1 heteroatoms. The van der Waals surface area contributed by atoms with E-state index >= 15 is 0 Å². The maximum Gasteiger partial charge on any atom is 0.0115 e. The molecule has 0 fully saturated rings. The summed E-state index contributed by atoms with van der Waals surface area (Å²) in [7, 11) is 0. The van der Waals surface area contributed by atoms with E-state index < -0.39 is 0 Å². The summed E-state index contributed by atoms with van der Waals surface area (Å²) in [6.07, 6.45) is 1.81. The zero-order chi connectivity index (χ0) is 7.56. The van der Waals surface area contributed by atoms with E-state index in [0.29, 0.717) is 0 Å². The van der Waals surface area contributed by atoms with E-state index in [1.54, 1.807) is 0 Å². The molecule has 0 aliphatic heterocycles. The van der Waals surface area contributed by atoms with Crippen molar-refractivity contribution in [3.05, 3.63) is 35.9 Å². The monoisotopic (exact) mass is 150 g/mol. The van der Waals surface area contributed by atoms with Crippen LogP contribution in [0.2, 0.25) is 0 Å². The van der Waals surface area contributed by atoms with Crippen molar-refractivity contribution < 1.29 is 0 Å². The Morgan fingerprint density at radius 1 is 1.50 bits per heavy atom. The highest BCUT2D eigenvalue weighted by Crippen LogP contribution is 2.15. The Bertz CT molecular complexity index is 251. The van der Waals surface area contributed by atoms with Crippen LogP contribution in [-0.2, 0) is 0 Å². The normalized spacial score (nSPS) is 9.40. The molecule has 0 aromatic heterocycles. The van der Waals surface area contributed by atoms with Crippen molar-refractivity contribution in [2.24, 2.45) is 0 Å². The van der Waals surface area contributed by atoms with E-state index in [1.165, 1.54) is 5.56 Å². The minimum Gasteiger partial charge on any atom is -0.143 e. The molecule has 52 valence electrons. The third-order valence-corrected chi connectivity index (χ3v) is 1.79. The lowest BCUT2D eigenvalue weighted by Gasteiger charge is -1.98. The Hall–Kier alpha value is -0.690. The minimum atomic E-state index is 0.995. The van der Waals surface area contributed by atoms with E-state index in [9.17, 15) is 0 Å². The molecule has 1 aromatic rings. The Morgan fingerprint density at radius 2 is 2.20 bits per heavy atom. The lowest BCUT2D eigenvalue weighted by atomic mass is 10.1. The molecule has 0 saturated carbocycles. The molecule has 0 unspecified atom stereocenters. The molecule has 1 rings (SSSR count). The summed E-state index contributed by atoms with van der Waals surface area (Å²) in [6, 6.07) is 6.10. The minimum absolute atomic E-state index is 0.995. The SMILES string of the molecule is C=Cc1ccc(C)cc1S. The van der Waals surface area contributed by atoms with Crippen LogP contribution in [0.4, 0.5) is 0 Å². The van der Waals surface area contributed by atoms with Crippen molar-refractivity contribution in [1.82, 2.24) is 0 Å². The average Bonchev–Trinajstić information content (AvgIpc) is 1.88. The molecule has 0 aliphatic carbocycles. The summed E-state index contributed by atoms with van der Waals surface area (Å²) in [6.45, 7) is 5.72. The first-order valence-electron chi connectivity index (χ1n) is 3.16. The third kappa shape index (κ3) is 1.42. The topological polar surface area (TPSA) is 0 Å². The van der Waals surface area contributed by atoms with Gasteiger partial charge in [0.15, 0.2) is 0 Å². The molecular formula is C9H10S. The third-order valence-electron chi connectivity index (χ3n) is 1.41. The predicted molar refractivity (Wildman–Crippen MR) is 48.5 cm³/mol. The van der Waals surface area contributed by atoms with Crippen LogP contribution in [-0.4, -0.2) is 0 Å². The highest BCUT2D eigenvalue weighted by Gasteiger charge is 1.92. The molecule has 0 atom stereocenters. The number of aryl methyl sites for hydroxylation is 1. The first kappa shape index (κ1) is 7.42. The van der Waals surface area contributed by atoms with Gasteiger partial charge in [0.1, 0.15) is 0 Å². The van der Waals surface area contributed by atoms with E-state index in [-0.39, 0.29) is 0 Å². The Morgan fingerprint density at radius 3 is 2.70 bits per heavy atom. The second kappa shape index (κ2) is 2.93. The Kier molecular flexibility index (Phi) is 2.17. The molecule has 0 bridgehead atoms. The van der Waals surface area contributed by atoms with Gasteiger partial charge in [0.05, 0.1) is 0 Å². The van der Waals surface area contributed by atoms with Crippen molar-refractivity contribution in [3.8, 4) is 0 Å². The van der Waals surface area contributed by atoms with Gasteiger partial charge in [-0.1, -0.05) is 24.8 Å². The van der Waals surface area contributed by atoms with Gasteiger partial charge in [0.25, 0.3) is 0 Å². The molecule has 0 radical (unpaired) electrons. The molecule has 0 saturated heterocycles. The molecule has 0 spiro atoms. The van der Waals surface area contributed by atoms with Crippen LogP contribution < -0.4 is 0 Å². The Labute approximate surface area is 67.0 Å². The summed E-state index contributed by atoms with van der Waals surface area (Å²) in [5, 5.41) is 0. The fraction of sp³-hybridized carbons (Fsp3) is 0.111. The summed E-state index contributed by atoms with van der Waals surface area (Å²) in [4.78, 5) is 0.995. The van der Waals surface area contributed by atoms with Gasteiger partial charge in [-0.3, -0.25) is 0 Å². The van der Waals surface area contributed by atoms with Gasteiger partial charge in [-0.05, 0) is 24.1 Å². The number of hydrogen-bond donors (Lipinski definition) is 1. The fourth-order valence-electron chi connectivity index (χ4n) is 0.826.